The first-order valence-electron chi connectivity index (χ1n) is 10.5. The molecular weight excluding hydrogens is 473 g/mol. The highest BCUT2D eigenvalue weighted by atomic mass is 35.5. The Hall–Kier alpha value is -3.55. The maximum Gasteiger partial charge on any atom is 0.335 e. The van der Waals surface area contributed by atoms with Crippen molar-refractivity contribution in [3.63, 3.8) is 0 Å². The molecule has 5 aromatic rings. The van der Waals surface area contributed by atoms with Gasteiger partial charge >= 0.3 is 5.97 Å². The topological polar surface area (TPSA) is 60.0 Å². The Labute approximate surface area is 204 Å². The molecular formula is C26H19ClFN3O2S. The highest BCUT2D eigenvalue weighted by molar-refractivity contribution is 7.99. The third kappa shape index (κ3) is 3.87. The summed E-state index contributed by atoms with van der Waals surface area (Å²) in [6.07, 6.45) is 3.53. The van der Waals surface area contributed by atoms with Gasteiger partial charge in [-0.3, -0.25) is 0 Å². The van der Waals surface area contributed by atoms with E-state index in [1.165, 1.54) is 17.8 Å². The molecule has 0 saturated heterocycles. The lowest BCUT2D eigenvalue weighted by molar-refractivity contribution is 0.0696. The summed E-state index contributed by atoms with van der Waals surface area (Å²) in [5, 5.41) is 14.5. The van der Waals surface area contributed by atoms with Gasteiger partial charge in [0.25, 0.3) is 0 Å². The molecule has 0 fully saturated rings. The molecule has 0 atom stereocenters. The normalized spacial score (nSPS) is 11.3. The van der Waals surface area contributed by atoms with Crippen LogP contribution < -0.4 is 0 Å². The van der Waals surface area contributed by atoms with E-state index in [0.717, 1.165) is 26.7 Å². The molecule has 0 aliphatic rings. The van der Waals surface area contributed by atoms with Gasteiger partial charge in [0.15, 0.2) is 5.82 Å². The average molecular weight is 492 g/mol. The molecule has 2 heterocycles. The highest BCUT2D eigenvalue weighted by Crippen LogP contribution is 2.42. The Balaban J connectivity index is 1.67. The molecule has 0 aliphatic carbocycles. The minimum Gasteiger partial charge on any atom is -0.478 e. The van der Waals surface area contributed by atoms with Crippen molar-refractivity contribution in [1.29, 1.82) is 0 Å². The van der Waals surface area contributed by atoms with Crippen LogP contribution in [0.1, 0.15) is 21.6 Å². The molecule has 0 unspecified atom stereocenters. The summed E-state index contributed by atoms with van der Waals surface area (Å²) in [5.41, 5.74) is 4.07. The summed E-state index contributed by atoms with van der Waals surface area (Å²) in [4.78, 5) is 13.0. The number of aromatic carboxylic acids is 1. The van der Waals surface area contributed by atoms with Gasteiger partial charge in [-0.05, 0) is 56.3 Å². The molecule has 5 rings (SSSR count). The molecule has 3 aromatic carbocycles. The fourth-order valence-corrected chi connectivity index (χ4v) is 5.17. The number of rotatable bonds is 5. The minimum atomic E-state index is -0.997. The third-order valence-corrected chi connectivity index (χ3v) is 7.13. The van der Waals surface area contributed by atoms with Gasteiger partial charge in [0.2, 0.25) is 0 Å². The zero-order valence-electron chi connectivity index (χ0n) is 18.3. The van der Waals surface area contributed by atoms with Gasteiger partial charge in [0, 0.05) is 20.9 Å². The van der Waals surface area contributed by atoms with Gasteiger partial charge in [0.1, 0.15) is 0 Å². The number of aromatic nitrogens is 3. The maximum absolute atomic E-state index is 15.4. The Morgan fingerprint density at radius 2 is 1.82 bits per heavy atom. The summed E-state index contributed by atoms with van der Waals surface area (Å²) in [7, 11) is 0. The molecule has 5 nitrogen and oxygen atoms in total. The van der Waals surface area contributed by atoms with E-state index in [2.05, 4.69) is 5.10 Å². The Kier molecular flexibility index (Phi) is 5.67. The van der Waals surface area contributed by atoms with Crippen molar-refractivity contribution < 1.29 is 14.3 Å². The zero-order chi connectivity index (χ0) is 24.0. The van der Waals surface area contributed by atoms with Crippen LogP contribution in [0.4, 0.5) is 4.39 Å². The van der Waals surface area contributed by atoms with E-state index >= 15 is 4.39 Å². The van der Waals surface area contributed by atoms with Crippen molar-refractivity contribution in [2.45, 2.75) is 23.6 Å². The number of carbonyl (C=O) groups is 1. The largest absolute Gasteiger partial charge is 0.478 e. The van der Waals surface area contributed by atoms with E-state index in [4.69, 9.17) is 11.6 Å². The number of carboxylic acids is 1. The van der Waals surface area contributed by atoms with Crippen molar-refractivity contribution in [2.75, 3.05) is 0 Å². The predicted molar refractivity (Wildman–Crippen MR) is 132 cm³/mol. The lowest BCUT2D eigenvalue weighted by atomic mass is 10.2. The highest BCUT2D eigenvalue weighted by Gasteiger charge is 2.22. The molecule has 0 radical (unpaired) electrons. The van der Waals surface area contributed by atoms with Crippen LogP contribution in [0.2, 0.25) is 5.02 Å². The number of benzene rings is 3. The number of hydrogen-bond acceptors (Lipinski definition) is 3. The maximum atomic E-state index is 15.4. The fourth-order valence-electron chi connectivity index (χ4n) is 3.94. The molecule has 8 heteroatoms. The fraction of sp³-hybridized carbons (Fsp3) is 0.0769. The molecule has 0 aliphatic heterocycles. The molecule has 0 amide bonds. The quantitative estimate of drug-likeness (QED) is 0.285. The van der Waals surface area contributed by atoms with E-state index < -0.39 is 11.8 Å². The van der Waals surface area contributed by atoms with Crippen molar-refractivity contribution in [3.05, 3.63) is 101 Å². The molecule has 170 valence electrons. The summed E-state index contributed by atoms with van der Waals surface area (Å²) in [6, 6.07) is 18.0. The number of halogens is 2. The molecule has 1 N–H and O–H groups in total. The number of fused-ring (bicyclic) bond motifs is 1. The van der Waals surface area contributed by atoms with Crippen LogP contribution in [0.3, 0.4) is 0 Å². The van der Waals surface area contributed by atoms with Crippen LogP contribution in [-0.2, 0) is 0 Å². The first-order chi connectivity index (χ1) is 16.3. The summed E-state index contributed by atoms with van der Waals surface area (Å²) in [6.45, 7) is 3.92. The summed E-state index contributed by atoms with van der Waals surface area (Å²) in [5.74, 6) is -1.51. The standard InChI is InChI=1S/C26H19ClFN3O2S/c1-15-6-8-18(9-7-15)30-14-19(13-29-30)31-16(2)25(21-10-11-22(27)23(28)24(21)31)34-20-5-3-4-17(12-20)26(32)33/h3-14H,1-2H3,(H,32,33). The van der Waals surface area contributed by atoms with Crippen LogP contribution >= 0.6 is 23.4 Å². The van der Waals surface area contributed by atoms with Gasteiger partial charge in [-0.15, -0.1) is 0 Å². The minimum absolute atomic E-state index is 0.0293. The molecule has 2 aromatic heterocycles. The lowest BCUT2D eigenvalue weighted by Crippen LogP contribution is -1.98. The van der Waals surface area contributed by atoms with Crippen LogP contribution in [-0.4, -0.2) is 25.4 Å². The average Bonchev–Trinajstić information content (AvgIpc) is 3.40. The smallest absolute Gasteiger partial charge is 0.335 e. The zero-order valence-corrected chi connectivity index (χ0v) is 19.9. The lowest BCUT2D eigenvalue weighted by Gasteiger charge is -2.07. The summed E-state index contributed by atoms with van der Waals surface area (Å²) < 4.78 is 18.9. The van der Waals surface area contributed by atoms with Gasteiger partial charge < -0.3 is 9.67 Å². The number of hydrogen-bond donors (Lipinski definition) is 1. The Morgan fingerprint density at radius 3 is 2.56 bits per heavy atom. The predicted octanol–water partition coefficient (Wildman–Crippen LogP) is 7.07. The second-order valence-electron chi connectivity index (χ2n) is 7.92. The second kappa shape index (κ2) is 8.66. The molecule has 0 saturated carbocycles. The number of nitrogens with zero attached hydrogens (tertiary/aromatic N) is 3. The van der Waals surface area contributed by atoms with Crippen LogP contribution in [0.15, 0.2) is 82.8 Å². The molecule has 0 bridgehead atoms. The van der Waals surface area contributed by atoms with E-state index in [-0.39, 0.29) is 10.6 Å². The van der Waals surface area contributed by atoms with Crippen molar-refractivity contribution in [3.8, 4) is 11.4 Å². The molecule has 0 spiro atoms. The Morgan fingerprint density at radius 1 is 1.06 bits per heavy atom. The van der Waals surface area contributed by atoms with Crippen LogP contribution in [0.25, 0.3) is 22.3 Å². The van der Waals surface area contributed by atoms with E-state index in [1.807, 2.05) is 50.4 Å². The van der Waals surface area contributed by atoms with Gasteiger partial charge in [0.05, 0.1) is 39.9 Å². The third-order valence-electron chi connectivity index (χ3n) is 5.63. The first-order valence-corrected chi connectivity index (χ1v) is 11.6. The van der Waals surface area contributed by atoms with Gasteiger partial charge in [-0.1, -0.05) is 47.1 Å². The van der Waals surface area contributed by atoms with E-state index in [1.54, 1.807) is 39.7 Å². The SMILES string of the molecule is Cc1ccc(-n2cc(-n3c(C)c(Sc4cccc(C(=O)O)c4)c4ccc(Cl)c(F)c43)cn2)cc1. The van der Waals surface area contributed by atoms with Crippen LogP contribution in [0, 0.1) is 19.7 Å². The van der Waals surface area contributed by atoms with E-state index in [0.29, 0.717) is 16.6 Å². The summed E-state index contributed by atoms with van der Waals surface area (Å²) >= 11 is 7.55. The Bertz CT molecular complexity index is 1560. The van der Waals surface area contributed by atoms with E-state index in [9.17, 15) is 9.90 Å². The van der Waals surface area contributed by atoms with Crippen molar-refractivity contribution >= 4 is 40.2 Å². The van der Waals surface area contributed by atoms with Gasteiger partial charge in [-0.2, -0.15) is 5.10 Å². The van der Waals surface area contributed by atoms with Gasteiger partial charge in [-0.25, -0.2) is 13.9 Å². The van der Waals surface area contributed by atoms with Crippen LogP contribution in [0.5, 0.6) is 0 Å². The monoisotopic (exact) mass is 491 g/mol. The molecule has 34 heavy (non-hydrogen) atoms. The first kappa shape index (κ1) is 22.3. The second-order valence-corrected chi connectivity index (χ2v) is 9.41. The number of carboxylic acid groups (broad SMARTS) is 1. The van der Waals surface area contributed by atoms with Crippen molar-refractivity contribution in [2.24, 2.45) is 0 Å². The van der Waals surface area contributed by atoms with Crippen molar-refractivity contribution in [1.82, 2.24) is 14.3 Å². The number of aryl methyl sites for hydroxylation is 1.